The molecule has 1 aromatic rings. The van der Waals surface area contributed by atoms with Crippen molar-refractivity contribution in [2.24, 2.45) is 5.73 Å². The van der Waals surface area contributed by atoms with Gasteiger partial charge in [0.1, 0.15) is 0 Å². The van der Waals surface area contributed by atoms with Crippen molar-refractivity contribution in [3.8, 4) is 0 Å². The second-order valence-corrected chi connectivity index (χ2v) is 4.04. The fourth-order valence-corrected chi connectivity index (χ4v) is 1.74. The van der Waals surface area contributed by atoms with E-state index in [1.54, 1.807) is 0 Å². The first-order valence-electron chi connectivity index (χ1n) is 5.20. The van der Waals surface area contributed by atoms with E-state index in [1.165, 1.54) is 0 Å². The first kappa shape index (κ1) is 12.3. The maximum atomic E-state index is 12.3. The molecule has 1 aromatic heterocycles. The third-order valence-corrected chi connectivity index (χ3v) is 2.72. The van der Waals surface area contributed by atoms with Crippen molar-refractivity contribution in [1.29, 1.82) is 0 Å². The number of alkyl halides is 3. The molecule has 0 saturated carbocycles. The van der Waals surface area contributed by atoms with Crippen molar-refractivity contribution in [2.45, 2.75) is 31.0 Å². The van der Waals surface area contributed by atoms with Crippen LogP contribution >= 0.6 is 0 Å². The molecule has 2 rings (SSSR count). The van der Waals surface area contributed by atoms with Crippen LogP contribution in [0.2, 0.25) is 0 Å². The number of hydrogen-bond donors (Lipinski definition) is 1. The van der Waals surface area contributed by atoms with Crippen LogP contribution in [0.25, 0.3) is 0 Å². The monoisotopic (exact) mass is 251 g/mol. The number of halogens is 3. The number of nitrogens with zero attached hydrogens (tertiary/aromatic N) is 2. The molecule has 17 heavy (non-hydrogen) atoms. The summed E-state index contributed by atoms with van der Waals surface area (Å²) in [6, 6.07) is 0. The summed E-state index contributed by atoms with van der Waals surface area (Å²) in [5.41, 5.74) is 5.01. The van der Waals surface area contributed by atoms with Gasteiger partial charge in [-0.2, -0.15) is 18.2 Å². The Kier molecular flexibility index (Phi) is 3.09. The zero-order valence-electron chi connectivity index (χ0n) is 8.96. The predicted molar refractivity (Wildman–Crippen MR) is 49.8 cm³/mol. The molecule has 0 aliphatic carbocycles. The SMILES string of the molecule is NC1(c2noc(C(F)(F)F)n2)CCCOCC1. The van der Waals surface area contributed by atoms with Crippen molar-refractivity contribution in [3.05, 3.63) is 11.7 Å². The Bertz CT molecular complexity index is 383. The number of rotatable bonds is 1. The Labute approximate surface area is 95.1 Å². The van der Waals surface area contributed by atoms with Gasteiger partial charge in [0.2, 0.25) is 0 Å². The van der Waals surface area contributed by atoms with E-state index in [4.69, 9.17) is 10.5 Å². The molecule has 5 nitrogen and oxygen atoms in total. The molecule has 0 bridgehead atoms. The molecule has 96 valence electrons. The summed E-state index contributed by atoms with van der Waals surface area (Å²) in [4.78, 5) is 3.34. The highest BCUT2D eigenvalue weighted by Crippen LogP contribution is 2.32. The van der Waals surface area contributed by atoms with Crippen LogP contribution < -0.4 is 5.73 Å². The Hall–Kier alpha value is -1.15. The third kappa shape index (κ3) is 2.58. The summed E-state index contributed by atoms with van der Waals surface area (Å²) >= 11 is 0. The number of ether oxygens (including phenoxy) is 1. The molecule has 1 aliphatic rings. The van der Waals surface area contributed by atoms with Crippen LogP contribution in [0.5, 0.6) is 0 Å². The van der Waals surface area contributed by atoms with Crippen LogP contribution in [-0.2, 0) is 16.5 Å². The lowest BCUT2D eigenvalue weighted by atomic mass is 9.91. The molecule has 8 heteroatoms. The van der Waals surface area contributed by atoms with Gasteiger partial charge in [0, 0.05) is 13.2 Å². The average Bonchev–Trinajstić information content (AvgIpc) is 2.64. The van der Waals surface area contributed by atoms with Gasteiger partial charge in [0.15, 0.2) is 5.82 Å². The molecule has 2 N–H and O–H groups in total. The van der Waals surface area contributed by atoms with Crippen molar-refractivity contribution in [2.75, 3.05) is 13.2 Å². The zero-order valence-corrected chi connectivity index (χ0v) is 8.96. The van der Waals surface area contributed by atoms with Crippen LogP contribution in [0.4, 0.5) is 13.2 Å². The summed E-state index contributed by atoms with van der Waals surface area (Å²) in [7, 11) is 0. The first-order chi connectivity index (χ1) is 7.92. The van der Waals surface area contributed by atoms with Crippen LogP contribution in [0.15, 0.2) is 4.52 Å². The predicted octanol–water partition coefficient (Wildman–Crippen LogP) is 1.44. The van der Waals surface area contributed by atoms with E-state index in [2.05, 4.69) is 14.7 Å². The number of aromatic nitrogens is 2. The summed E-state index contributed by atoms with van der Waals surface area (Å²) in [6.45, 7) is 0.926. The van der Waals surface area contributed by atoms with Gasteiger partial charge in [-0.3, -0.25) is 0 Å². The molecule has 1 aliphatic heterocycles. The van der Waals surface area contributed by atoms with Gasteiger partial charge >= 0.3 is 12.1 Å². The van der Waals surface area contributed by atoms with Gasteiger partial charge < -0.3 is 15.0 Å². The summed E-state index contributed by atoms with van der Waals surface area (Å²) < 4.78 is 46.3. The molecule has 2 heterocycles. The van der Waals surface area contributed by atoms with Crippen molar-refractivity contribution < 1.29 is 22.4 Å². The molecular formula is C9H12F3N3O2. The van der Waals surface area contributed by atoms with Crippen molar-refractivity contribution in [1.82, 2.24) is 10.1 Å². The third-order valence-electron chi connectivity index (χ3n) is 2.72. The standard InChI is InChI=1S/C9H12F3N3O2/c10-9(11,12)7-14-6(15-17-7)8(13)2-1-4-16-5-3-8/h1-5,13H2. The van der Waals surface area contributed by atoms with Gasteiger partial charge in [-0.05, 0) is 19.3 Å². The van der Waals surface area contributed by atoms with E-state index in [-0.39, 0.29) is 5.82 Å². The minimum absolute atomic E-state index is 0.102. The minimum atomic E-state index is -4.64. The lowest BCUT2D eigenvalue weighted by Gasteiger charge is -2.22. The molecule has 0 amide bonds. The molecule has 1 unspecified atom stereocenters. The van der Waals surface area contributed by atoms with Gasteiger partial charge in [0.25, 0.3) is 0 Å². The quantitative estimate of drug-likeness (QED) is 0.817. The Morgan fingerprint density at radius 1 is 1.24 bits per heavy atom. The number of hydrogen-bond acceptors (Lipinski definition) is 5. The normalized spacial score (nSPS) is 26.8. The molecule has 1 atom stereocenters. The second-order valence-electron chi connectivity index (χ2n) is 4.04. The summed E-state index contributed by atoms with van der Waals surface area (Å²) in [5.74, 6) is -1.46. The molecule has 0 spiro atoms. The highest BCUT2D eigenvalue weighted by atomic mass is 19.4. The fourth-order valence-electron chi connectivity index (χ4n) is 1.74. The maximum absolute atomic E-state index is 12.3. The number of nitrogens with two attached hydrogens (primary N) is 1. The second kappa shape index (κ2) is 4.26. The highest BCUT2D eigenvalue weighted by Gasteiger charge is 2.41. The van der Waals surface area contributed by atoms with Gasteiger partial charge in [-0.1, -0.05) is 5.16 Å². The molecular weight excluding hydrogens is 239 g/mol. The highest BCUT2D eigenvalue weighted by molar-refractivity contribution is 5.05. The Balaban J connectivity index is 2.23. The van der Waals surface area contributed by atoms with E-state index in [1.807, 2.05) is 0 Å². The smallest absolute Gasteiger partial charge is 0.381 e. The zero-order chi connectivity index (χ0) is 12.5. The fraction of sp³-hybridized carbons (Fsp3) is 0.778. The average molecular weight is 251 g/mol. The minimum Gasteiger partial charge on any atom is -0.381 e. The maximum Gasteiger partial charge on any atom is 0.471 e. The van der Waals surface area contributed by atoms with Gasteiger partial charge in [-0.15, -0.1) is 0 Å². The topological polar surface area (TPSA) is 74.2 Å². The molecule has 1 saturated heterocycles. The molecule has 0 radical (unpaired) electrons. The van der Waals surface area contributed by atoms with Crippen LogP contribution in [0.1, 0.15) is 31.0 Å². The Morgan fingerprint density at radius 3 is 2.65 bits per heavy atom. The van der Waals surface area contributed by atoms with E-state index < -0.39 is 17.6 Å². The van der Waals surface area contributed by atoms with Gasteiger partial charge in [0.05, 0.1) is 5.54 Å². The Morgan fingerprint density at radius 2 is 2.00 bits per heavy atom. The van der Waals surface area contributed by atoms with Crippen molar-refractivity contribution in [3.63, 3.8) is 0 Å². The van der Waals surface area contributed by atoms with E-state index >= 15 is 0 Å². The van der Waals surface area contributed by atoms with Crippen LogP contribution in [0.3, 0.4) is 0 Å². The molecule has 0 aromatic carbocycles. The first-order valence-corrected chi connectivity index (χ1v) is 5.20. The van der Waals surface area contributed by atoms with E-state index in [0.29, 0.717) is 32.5 Å². The van der Waals surface area contributed by atoms with E-state index in [9.17, 15) is 13.2 Å². The summed E-state index contributed by atoms with van der Waals surface area (Å²) in [6.07, 6.45) is -3.12. The van der Waals surface area contributed by atoms with Crippen LogP contribution in [0, 0.1) is 0 Å². The lowest BCUT2D eigenvalue weighted by Crippen LogP contribution is -2.38. The summed E-state index contributed by atoms with van der Waals surface area (Å²) in [5, 5.41) is 3.33. The molecule has 1 fully saturated rings. The largest absolute Gasteiger partial charge is 0.471 e. The van der Waals surface area contributed by atoms with E-state index in [0.717, 1.165) is 0 Å². The lowest BCUT2D eigenvalue weighted by molar-refractivity contribution is -0.159. The van der Waals surface area contributed by atoms with Crippen LogP contribution in [-0.4, -0.2) is 23.4 Å². The van der Waals surface area contributed by atoms with Gasteiger partial charge in [-0.25, -0.2) is 0 Å². The van der Waals surface area contributed by atoms with Crippen molar-refractivity contribution >= 4 is 0 Å².